The Morgan fingerprint density at radius 2 is 2.32 bits per heavy atom. The van der Waals surface area contributed by atoms with Gasteiger partial charge in [-0.05, 0) is 25.1 Å². The first-order valence-electron chi connectivity index (χ1n) is 5.72. The van der Waals surface area contributed by atoms with Crippen molar-refractivity contribution in [2.24, 2.45) is 5.73 Å². The minimum Gasteiger partial charge on any atom is -0.360 e. The van der Waals surface area contributed by atoms with Gasteiger partial charge in [-0.1, -0.05) is 23.1 Å². The summed E-state index contributed by atoms with van der Waals surface area (Å²) in [5.74, 6) is 6.39. The molecule has 2 aromatic rings. The molecule has 1 heterocycles. The fourth-order valence-corrected chi connectivity index (χ4v) is 1.51. The van der Waals surface area contributed by atoms with E-state index in [0.29, 0.717) is 17.1 Å². The van der Waals surface area contributed by atoms with E-state index in [0.717, 1.165) is 5.56 Å². The number of benzene rings is 1. The molecular formula is C14H13N3O2. The number of rotatable bonds is 2. The first-order chi connectivity index (χ1) is 9.19. The van der Waals surface area contributed by atoms with Gasteiger partial charge in [-0.15, -0.1) is 0 Å². The van der Waals surface area contributed by atoms with Crippen molar-refractivity contribution >= 4 is 11.7 Å². The summed E-state index contributed by atoms with van der Waals surface area (Å²) in [6.45, 7) is 2.04. The van der Waals surface area contributed by atoms with Crippen LogP contribution in [0.2, 0.25) is 0 Å². The summed E-state index contributed by atoms with van der Waals surface area (Å²) in [5.41, 5.74) is 6.56. The molecule has 0 fully saturated rings. The number of aryl methyl sites for hydroxylation is 1. The minimum atomic E-state index is -0.260. The van der Waals surface area contributed by atoms with E-state index in [9.17, 15) is 4.79 Å². The average molecular weight is 255 g/mol. The van der Waals surface area contributed by atoms with Crippen molar-refractivity contribution in [3.8, 4) is 11.8 Å². The monoisotopic (exact) mass is 255 g/mol. The maximum absolute atomic E-state index is 12.0. The fraction of sp³-hybridized carbons (Fsp3) is 0.143. The molecule has 1 amide bonds. The number of hydrogen-bond donors (Lipinski definition) is 2. The standard InChI is InChI=1S/C14H13N3O2/c1-10-8-13(17-19-10)16-14(18)12-6-2-4-11(9-12)5-3-7-15/h2,4,6,8-9H,7,15H2,1H3,(H,16,17,18). The quantitative estimate of drug-likeness (QED) is 0.798. The van der Waals surface area contributed by atoms with Crippen LogP contribution in [0, 0.1) is 18.8 Å². The van der Waals surface area contributed by atoms with E-state index in [1.165, 1.54) is 0 Å². The van der Waals surface area contributed by atoms with Crippen LogP contribution in [0.4, 0.5) is 5.82 Å². The molecule has 1 aromatic carbocycles. The third-order valence-electron chi connectivity index (χ3n) is 2.33. The normalized spacial score (nSPS) is 9.58. The number of carbonyl (C=O) groups is 1. The molecule has 0 saturated heterocycles. The number of anilines is 1. The number of nitrogens with two attached hydrogens (primary N) is 1. The number of aromatic nitrogens is 1. The van der Waals surface area contributed by atoms with Gasteiger partial charge in [0, 0.05) is 17.2 Å². The summed E-state index contributed by atoms with van der Waals surface area (Å²) >= 11 is 0. The van der Waals surface area contributed by atoms with Crippen LogP contribution in [0.1, 0.15) is 21.7 Å². The molecule has 0 atom stereocenters. The summed E-state index contributed by atoms with van der Waals surface area (Å²) in [7, 11) is 0. The Morgan fingerprint density at radius 3 is 3.00 bits per heavy atom. The number of hydrogen-bond acceptors (Lipinski definition) is 4. The molecule has 5 heteroatoms. The van der Waals surface area contributed by atoms with Gasteiger partial charge < -0.3 is 15.6 Å². The second-order valence-corrected chi connectivity index (χ2v) is 3.86. The van der Waals surface area contributed by atoms with Crippen LogP contribution in [0.3, 0.4) is 0 Å². The van der Waals surface area contributed by atoms with Crippen molar-refractivity contribution in [1.29, 1.82) is 0 Å². The molecule has 0 aliphatic carbocycles. The molecule has 3 N–H and O–H groups in total. The zero-order chi connectivity index (χ0) is 13.7. The van der Waals surface area contributed by atoms with Gasteiger partial charge in [-0.2, -0.15) is 0 Å². The van der Waals surface area contributed by atoms with E-state index in [4.69, 9.17) is 10.3 Å². The Kier molecular flexibility index (Phi) is 3.96. The van der Waals surface area contributed by atoms with Crippen LogP contribution in [-0.2, 0) is 0 Å². The number of carbonyl (C=O) groups excluding carboxylic acids is 1. The van der Waals surface area contributed by atoms with Gasteiger partial charge in [-0.3, -0.25) is 4.79 Å². The van der Waals surface area contributed by atoms with Crippen molar-refractivity contribution in [2.45, 2.75) is 6.92 Å². The highest BCUT2D eigenvalue weighted by Crippen LogP contribution is 2.10. The van der Waals surface area contributed by atoms with Crippen LogP contribution in [-0.4, -0.2) is 17.6 Å². The zero-order valence-electron chi connectivity index (χ0n) is 10.4. The minimum absolute atomic E-state index is 0.260. The molecule has 0 unspecified atom stereocenters. The molecule has 2 rings (SSSR count). The maximum Gasteiger partial charge on any atom is 0.256 e. The third kappa shape index (κ3) is 3.44. The maximum atomic E-state index is 12.0. The van der Waals surface area contributed by atoms with Gasteiger partial charge >= 0.3 is 0 Å². The molecule has 0 aliphatic rings. The van der Waals surface area contributed by atoms with E-state index in [1.807, 2.05) is 6.07 Å². The molecule has 0 radical (unpaired) electrons. The van der Waals surface area contributed by atoms with E-state index in [-0.39, 0.29) is 12.5 Å². The third-order valence-corrected chi connectivity index (χ3v) is 2.33. The molecule has 1 aromatic heterocycles. The van der Waals surface area contributed by atoms with Crippen molar-refractivity contribution in [2.75, 3.05) is 11.9 Å². The fourth-order valence-electron chi connectivity index (χ4n) is 1.51. The smallest absolute Gasteiger partial charge is 0.256 e. The highest BCUT2D eigenvalue weighted by molar-refractivity contribution is 6.03. The number of nitrogens with zero attached hydrogens (tertiary/aromatic N) is 1. The van der Waals surface area contributed by atoms with Crippen LogP contribution in [0.25, 0.3) is 0 Å². The van der Waals surface area contributed by atoms with Gasteiger partial charge in [0.2, 0.25) is 0 Å². The Labute approximate surface area is 110 Å². The van der Waals surface area contributed by atoms with Crippen LogP contribution < -0.4 is 11.1 Å². The first-order valence-corrected chi connectivity index (χ1v) is 5.72. The molecule has 0 aliphatic heterocycles. The van der Waals surface area contributed by atoms with Crippen LogP contribution >= 0.6 is 0 Å². The predicted molar refractivity (Wildman–Crippen MR) is 71.6 cm³/mol. The van der Waals surface area contributed by atoms with Crippen molar-refractivity contribution in [3.63, 3.8) is 0 Å². The number of amides is 1. The summed E-state index contributed by atoms with van der Waals surface area (Å²) in [6.07, 6.45) is 0. The van der Waals surface area contributed by atoms with Gasteiger partial charge in [0.25, 0.3) is 5.91 Å². The highest BCUT2D eigenvalue weighted by Gasteiger charge is 2.08. The topological polar surface area (TPSA) is 81.2 Å². The summed E-state index contributed by atoms with van der Waals surface area (Å²) in [6, 6.07) is 8.64. The second kappa shape index (κ2) is 5.85. The van der Waals surface area contributed by atoms with Crippen molar-refractivity contribution < 1.29 is 9.32 Å². The van der Waals surface area contributed by atoms with Crippen molar-refractivity contribution in [1.82, 2.24) is 5.16 Å². The Bertz CT molecular complexity index is 650. The molecule has 0 spiro atoms. The highest BCUT2D eigenvalue weighted by atomic mass is 16.5. The summed E-state index contributed by atoms with van der Waals surface area (Å²) in [4.78, 5) is 12.0. The van der Waals surface area contributed by atoms with Crippen molar-refractivity contribution in [3.05, 3.63) is 47.2 Å². The second-order valence-electron chi connectivity index (χ2n) is 3.86. The lowest BCUT2D eigenvalue weighted by molar-refractivity contribution is 0.102. The van der Waals surface area contributed by atoms with Crippen LogP contribution in [0.15, 0.2) is 34.9 Å². The number of nitrogens with one attached hydrogen (secondary N) is 1. The molecule has 96 valence electrons. The largest absolute Gasteiger partial charge is 0.360 e. The summed E-state index contributed by atoms with van der Waals surface area (Å²) < 4.78 is 4.88. The Balaban J connectivity index is 2.15. The van der Waals surface area contributed by atoms with E-state index >= 15 is 0 Å². The first kappa shape index (κ1) is 12.9. The molecule has 0 saturated carbocycles. The Morgan fingerprint density at radius 1 is 1.47 bits per heavy atom. The van der Waals surface area contributed by atoms with E-state index < -0.39 is 0 Å². The SMILES string of the molecule is Cc1cc(NC(=O)c2cccc(C#CCN)c2)no1. The summed E-state index contributed by atoms with van der Waals surface area (Å²) in [5, 5.41) is 6.35. The van der Waals surface area contributed by atoms with Gasteiger partial charge in [0.05, 0.1) is 6.54 Å². The molecule has 0 bridgehead atoms. The van der Waals surface area contributed by atoms with Gasteiger partial charge in [0.15, 0.2) is 5.82 Å². The van der Waals surface area contributed by atoms with Gasteiger partial charge in [0.1, 0.15) is 5.76 Å². The molecular weight excluding hydrogens is 242 g/mol. The zero-order valence-corrected chi connectivity index (χ0v) is 10.4. The van der Waals surface area contributed by atoms with Gasteiger partial charge in [-0.25, -0.2) is 0 Å². The lowest BCUT2D eigenvalue weighted by Crippen LogP contribution is -2.12. The average Bonchev–Trinajstić information content (AvgIpc) is 2.82. The van der Waals surface area contributed by atoms with E-state index in [2.05, 4.69) is 22.3 Å². The molecule has 5 nitrogen and oxygen atoms in total. The molecule has 19 heavy (non-hydrogen) atoms. The lowest BCUT2D eigenvalue weighted by Gasteiger charge is -2.01. The Hall–Kier alpha value is -2.58. The predicted octanol–water partition coefficient (Wildman–Crippen LogP) is 1.55. The lowest BCUT2D eigenvalue weighted by atomic mass is 10.1. The van der Waals surface area contributed by atoms with E-state index in [1.54, 1.807) is 31.2 Å². The van der Waals surface area contributed by atoms with Crippen LogP contribution in [0.5, 0.6) is 0 Å².